The minimum absolute atomic E-state index is 0.157. The number of amides is 1. The fourth-order valence-corrected chi connectivity index (χ4v) is 1.73. The minimum atomic E-state index is -0.564. The Kier molecular flexibility index (Phi) is 4.39. The number of esters is 1. The predicted octanol–water partition coefficient (Wildman–Crippen LogP) is 1.75. The molecule has 0 aliphatic heterocycles. The first-order valence-corrected chi connectivity index (χ1v) is 6.33. The first-order chi connectivity index (χ1) is 9.15. The van der Waals surface area contributed by atoms with Gasteiger partial charge in [0.2, 0.25) is 0 Å². The van der Waals surface area contributed by atoms with Crippen molar-refractivity contribution >= 4 is 18.0 Å². The molecule has 1 aliphatic rings. The van der Waals surface area contributed by atoms with E-state index in [1.807, 2.05) is 6.92 Å². The van der Waals surface area contributed by atoms with Crippen molar-refractivity contribution < 1.29 is 18.7 Å². The molecule has 0 bridgehead atoms. The Morgan fingerprint density at radius 3 is 3.00 bits per heavy atom. The molecule has 1 N–H and O–H groups in total. The molecule has 0 saturated heterocycles. The number of rotatable bonds is 6. The number of carbonyl (C=O) groups excluding carboxylic acids is 2. The Balaban J connectivity index is 1.66. The topological polar surface area (TPSA) is 68.5 Å². The van der Waals surface area contributed by atoms with Gasteiger partial charge in [-0.1, -0.05) is 0 Å². The Morgan fingerprint density at radius 1 is 1.58 bits per heavy atom. The standard InChI is InChI=1S/C14H17NO4/c1-10(11-4-5-11)15-13(16)9-19-14(17)7-6-12-3-2-8-18-12/h2-3,6-8,10-11H,4-5,9H2,1H3,(H,15,16)/b7-6+/t10-/m0/s1. The van der Waals surface area contributed by atoms with Crippen LogP contribution in [0.25, 0.3) is 6.08 Å². The summed E-state index contributed by atoms with van der Waals surface area (Å²) in [6.45, 7) is 1.71. The normalized spacial score (nSPS) is 16.3. The van der Waals surface area contributed by atoms with Crippen molar-refractivity contribution in [3.63, 3.8) is 0 Å². The van der Waals surface area contributed by atoms with E-state index in [-0.39, 0.29) is 18.6 Å². The maximum atomic E-state index is 11.5. The van der Waals surface area contributed by atoms with Crippen molar-refractivity contribution in [3.8, 4) is 0 Å². The van der Waals surface area contributed by atoms with Crippen molar-refractivity contribution in [2.24, 2.45) is 5.92 Å². The molecule has 1 atom stereocenters. The molecular weight excluding hydrogens is 246 g/mol. The zero-order valence-electron chi connectivity index (χ0n) is 10.8. The lowest BCUT2D eigenvalue weighted by Gasteiger charge is -2.12. The van der Waals surface area contributed by atoms with Gasteiger partial charge in [-0.2, -0.15) is 0 Å². The van der Waals surface area contributed by atoms with E-state index >= 15 is 0 Å². The van der Waals surface area contributed by atoms with Crippen LogP contribution < -0.4 is 5.32 Å². The summed E-state index contributed by atoms with van der Waals surface area (Å²) >= 11 is 0. The molecule has 0 radical (unpaired) electrons. The number of furan rings is 1. The van der Waals surface area contributed by atoms with Crippen molar-refractivity contribution in [2.45, 2.75) is 25.8 Å². The lowest BCUT2D eigenvalue weighted by atomic mass is 10.2. The van der Waals surface area contributed by atoms with E-state index in [1.165, 1.54) is 18.4 Å². The van der Waals surface area contributed by atoms with E-state index in [0.29, 0.717) is 11.7 Å². The molecule has 1 aliphatic carbocycles. The highest BCUT2D eigenvalue weighted by molar-refractivity contribution is 5.88. The third kappa shape index (κ3) is 4.62. The third-order valence-corrected chi connectivity index (χ3v) is 2.99. The Hall–Kier alpha value is -2.04. The summed E-state index contributed by atoms with van der Waals surface area (Å²) in [6.07, 6.45) is 6.56. The van der Waals surface area contributed by atoms with Crippen LogP contribution >= 0.6 is 0 Å². The Morgan fingerprint density at radius 2 is 2.37 bits per heavy atom. The van der Waals surface area contributed by atoms with Crippen molar-refractivity contribution in [3.05, 3.63) is 30.2 Å². The summed E-state index contributed by atoms with van der Waals surface area (Å²) < 4.78 is 9.85. The molecule has 1 amide bonds. The quantitative estimate of drug-likeness (QED) is 0.627. The number of hydrogen-bond donors (Lipinski definition) is 1. The molecule has 1 heterocycles. The Labute approximate surface area is 111 Å². The number of carbonyl (C=O) groups is 2. The van der Waals surface area contributed by atoms with Gasteiger partial charge in [0.25, 0.3) is 5.91 Å². The van der Waals surface area contributed by atoms with E-state index in [4.69, 9.17) is 9.15 Å². The van der Waals surface area contributed by atoms with Crippen LogP contribution in [0.3, 0.4) is 0 Å². The number of hydrogen-bond acceptors (Lipinski definition) is 4. The molecule has 0 spiro atoms. The molecule has 1 aromatic heterocycles. The zero-order valence-corrected chi connectivity index (χ0v) is 10.8. The molecule has 102 valence electrons. The van der Waals surface area contributed by atoms with E-state index in [0.717, 1.165) is 12.8 Å². The van der Waals surface area contributed by atoms with Crippen LogP contribution in [-0.4, -0.2) is 24.5 Å². The van der Waals surface area contributed by atoms with E-state index in [1.54, 1.807) is 12.1 Å². The van der Waals surface area contributed by atoms with Crippen LogP contribution in [0.2, 0.25) is 0 Å². The fourth-order valence-electron chi connectivity index (χ4n) is 1.73. The second kappa shape index (κ2) is 6.22. The second-order valence-corrected chi connectivity index (χ2v) is 4.65. The highest BCUT2D eigenvalue weighted by Crippen LogP contribution is 2.32. The lowest BCUT2D eigenvalue weighted by Crippen LogP contribution is -2.36. The molecule has 19 heavy (non-hydrogen) atoms. The third-order valence-electron chi connectivity index (χ3n) is 2.99. The molecule has 1 fully saturated rings. The molecular formula is C14H17NO4. The summed E-state index contributed by atoms with van der Waals surface area (Å²) in [6, 6.07) is 3.59. The molecule has 5 heteroatoms. The maximum Gasteiger partial charge on any atom is 0.331 e. The van der Waals surface area contributed by atoms with Gasteiger partial charge in [-0.25, -0.2) is 4.79 Å². The van der Waals surface area contributed by atoms with Crippen LogP contribution in [0, 0.1) is 5.92 Å². The molecule has 2 rings (SSSR count). The van der Waals surface area contributed by atoms with E-state index in [9.17, 15) is 9.59 Å². The molecule has 0 unspecified atom stereocenters. The van der Waals surface area contributed by atoms with Gasteiger partial charge in [-0.15, -0.1) is 0 Å². The number of ether oxygens (including phenoxy) is 1. The second-order valence-electron chi connectivity index (χ2n) is 4.65. The summed E-state index contributed by atoms with van der Waals surface area (Å²) in [5.74, 6) is 0.312. The highest BCUT2D eigenvalue weighted by Gasteiger charge is 2.28. The van der Waals surface area contributed by atoms with E-state index < -0.39 is 5.97 Å². The van der Waals surface area contributed by atoms with Crippen LogP contribution in [-0.2, 0) is 14.3 Å². The maximum absolute atomic E-state index is 11.5. The van der Waals surface area contributed by atoms with Crippen molar-refractivity contribution in [1.82, 2.24) is 5.32 Å². The monoisotopic (exact) mass is 263 g/mol. The van der Waals surface area contributed by atoms with Gasteiger partial charge in [-0.3, -0.25) is 4.79 Å². The van der Waals surface area contributed by atoms with Gasteiger partial charge in [0.05, 0.1) is 6.26 Å². The summed E-state index contributed by atoms with van der Waals surface area (Å²) in [7, 11) is 0. The summed E-state index contributed by atoms with van der Waals surface area (Å²) in [5.41, 5.74) is 0. The predicted molar refractivity (Wildman–Crippen MR) is 69.0 cm³/mol. The first kappa shape index (κ1) is 13.4. The van der Waals surface area contributed by atoms with E-state index in [2.05, 4.69) is 5.32 Å². The molecule has 1 saturated carbocycles. The Bertz CT molecular complexity index is 460. The van der Waals surface area contributed by atoms with Gasteiger partial charge >= 0.3 is 5.97 Å². The average Bonchev–Trinajstić information content (AvgIpc) is 3.11. The molecule has 1 aromatic rings. The van der Waals surface area contributed by atoms with Crippen LogP contribution in [0.15, 0.2) is 28.9 Å². The van der Waals surface area contributed by atoms with Gasteiger partial charge in [-0.05, 0) is 43.9 Å². The van der Waals surface area contributed by atoms with Gasteiger partial charge in [0.15, 0.2) is 6.61 Å². The van der Waals surface area contributed by atoms with Crippen LogP contribution in [0.4, 0.5) is 0 Å². The largest absolute Gasteiger partial charge is 0.465 e. The fraction of sp³-hybridized carbons (Fsp3) is 0.429. The van der Waals surface area contributed by atoms with Gasteiger partial charge in [0, 0.05) is 12.1 Å². The summed E-state index contributed by atoms with van der Waals surface area (Å²) in [4.78, 5) is 22.8. The summed E-state index contributed by atoms with van der Waals surface area (Å²) in [5, 5.41) is 2.81. The van der Waals surface area contributed by atoms with Gasteiger partial charge < -0.3 is 14.5 Å². The molecule has 5 nitrogen and oxygen atoms in total. The zero-order chi connectivity index (χ0) is 13.7. The smallest absolute Gasteiger partial charge is 0.331 e. The van der Waals surface area contributed by atoms with Crippen LogP contribution in [0.1, 0.15) is 25.5 Å². The molecule has 0 aromatic carbocycles. The van der Waals surface area contributed by atoms with Crippen molar-refractivity contribution in [2.75, 3.05) is 6.61 Å². The minimum Gasteiger partial charge on any atom is -0.465 e. The van der Waals surface area contributed by atoms with Gasteiger partial charge in [0.1, 0.15) is 5.76 Å². The SMILES string of the molecule is C[C@H](NC(=O)COC(=O)/C=C/c1ccco1)C1CC1. The van der Waals surface area contributed by atoms with Crippen LogP contribution in [0.5, 0.6) is 0 Å². The average molecular weight is 263 g/mol. The first-order valence-electron chi connectivity index (χ1n) is 6.33. The number of nitrogens with one attached hydrogen (secondary N) is 1. The highest BCUT2D eigenvalue weighted by atomic mass is 16.5. The van der Waals surface area contributed by atoms with Crippen molar-refractivity contribution in [1.29, 1.82) is 0 Å². The lowest BCUT2D eigenvalue weighted by molar-refractivity contribution is -0.144.